The molecule has 1 aliphatic heterocycles. The quantitative estimate of drug-likeness (QED) is 0.307. The molecule has 0 bridgehead atoms. The standard InChI is InChI=1S/C28H32N4O6S/c1-5-14-37-21(18-9-6-7-11-20(18)36-4)16-31-27-22(17(2)23(39-27)24-29-12-15-38-24)26(34)32(28(31)35)19-10-8-13-30(3)25(19)33/h6-7,9,11-12,15,19,21H,5,8,10,13-14,16H2,1-4H3/t19-,21+/m1/s1. The number of benzene rings is 1. The molecule has 0 N–H and O–H groups in total. The van der Waals surface area contributed by atoms with E-state index in [0.29, 0.717) is 58.3 Å². The number of ether oxygens (including phenoxy) is 2. The van der Waals surface area contributed by atoms with Gasteiger partial charge in [0.2, 0.25) is 11.8 Å². The van der Waals surface area contributed by atoms with Crippen molar-refractivity contribution >= 4 is 27.5 Å². The number of para-hydroxylation sites is 1. The van der Waals surface area contributed by atoms with Crippen molar-refractivity contribution in [2.24, 2.45) is 0 Å². The summed E-state index contributed by atoms with van der Waals surface area (Å²) >= 11 is 1.28. The number of methoxy groups -OCH3 is 1. The molecule has 11 heteroatoms. The van der Waals surface area contributed by atoms with Crippen molar-refractivity contribution in [1.82, 2.24) is 19.0 Å². The van der Waals surface area contributed by atoms with Crippen molar-refractivity contribution < 1.29 is 18.7 Å². The highest BCUT2D eigenvalue weighted by Gasteiger charge is 2.33. The summed E-state index contributed by atoms with van der Waals surface area (Å²) in [7, 11) is 3.29. The zero-order valence-corrected chi connectivity index (χ0v) is 23.3. The third-order valence-electron chi connectivity index (χ3n) is 7.17. The number of carbonyl (C=O) groups is 1. The molecule has 0 spiro atoms. The van der Waals surface area contributed by atoms with E-state index < -0.39 is 23.4 Å². The Morgan fingerprint density at radius 3 is 2.74 bits per heavy atom. The number of aryl methyl sites for hydroxylation is 1. The van der Waals surface area contributed by atoms with Crippen LogP contribution in [0.3, 0.4) is 0 Å². The first kappa shape index (κ1) is 26.9. The van der Waals surface area contributed by atoms with Gasteiger partial charge in [0.15, 0.2) is 0 Å². The van der Waals surface area contributed by atoms with Gasteiger partial charge in [-0.2, -0.15) is 0 Å². The SMILES string of the molecule is CCCO[C@@H](Cn1c(=O)n([C@@H]2CCCN(C)C2=O)c(=O)c2c(C)c(-c3ncco3)sc21)c1ccccc1OC. The van der Waals surface area contributed by atoms with Crippen molar-refractivity contribution in [2.75, 3.05) is 27.3 Å². The first-order valence-corrected chi connectivity index (χ1v) is 13.9. The van der Waals surface area contributed by atoms with E-state index in [1.807, 2.05) is 38.1 Å². The highest BCUT2D eigenvalue weighted by atomic mass is 32.1. The van der Waals surface area contributed by atoms with Crippen molar-refractivity contribution in [2.45, 2.75) is 51.8 Å². The maximum absolute atomic E-state index is 14.2. The van der Waals surface area contributed by atoms with Crippen LogP contribution in [0.25, 0.3) is 21.0 Å². The van der Waals surface area contributed by atoms with E-state index in [0.717, 1.165) is 16.6 Å². The van der Waals surface area contributed by atoms with Crippen molar-refractivity contribution in [3.63, 3.8) is 0 Å². The van der Waals surface area contributed by atoms with Crippen LogP contribution in [0.1, 0.15) is 49.5 Å². The second-order valence-electron chi connectivity index (χ2n) is 9.66. The molecule has 2 atom stereocenters. The first-order valence-electron chi connectivity index (χ1n) is 13.0. The molecule has 0 saturated carbocycles. The van der Waals surface area contributed by atoms with Gasteiger partial charge in [-0.15, -0.1) is 11.3 Å². The normalized spacial score (nSPS) is 16.7. The lowest BCUT2D eigenvalue weighted by Crippen LogP contribution is -2.49. The number of hydrogen-bond donors (Lipinski definition) is 0. The number of nitrogens with zero attached hydrogens (tertiary/aromatic N) is 4. The minimum Gasteiger partial charge on any atom is -0.496 e. The number of aromatic nitrogens is 3. The summed E-state index contributed by atoms with van der Waals surface area (Å²) in [6.45, 7) is 5.02. The number of thiophene rings is 1. The molecule has 206 valence electrons. The number of carbonyl (C=O) groups excluding carboxylic acids is 1. The summed E-state index contributed by atoms with van der Waals surface area (Å²) in [5, 5.41) is 0.378. The lowest BCUT2D eigenvalue weighted by atomic mass is 10.0. The van der Waals surface area contributed by atoms with Gasteiger partial charge in [0.1, 0.15) is 29.0 Å². The number of oxazole rings is 1. The van der Waals surface area contributed by atoms with Gasteiger partial charge in [-0.25, -0.2) is 14.3 Å². The molecule has 1 aromatic carbocycles. The first-order chi connectivity index (χ1) is 18.9. The molecule has 1 aliphatic rings. The fraction of sp³-hybridized carbons (Fsp3) is 0.429. The van der Waals surface area contributed by atoms with Crippen LogP contribution in [0.5, 0.6) is 5.75 Å². The molecule has 1 amide bonds. The Balaban J connectivity index is 1.76. The van der Waals surface area contributed by atoms with E-state index in [1.165, 1.54) is 23.8 Å². The second kappa shape index (κ2) is 11.2. The zero-order chi connectivity index (χ0) is 27.7. The molecular weight excluding hydrogens is 520 g/mol. The molecule has 4 aromatic rings. The van der Waals surface area contributed by atoms with Gasteiger partial charge in [0, 0.05) is 25.8 Å². The Kier molecular flexibility index (Phi) is 7.72. The van der Waals surface area contributed by atoms with E-state index in [1.54, 1.807) is 23.6 Å². The third-order valence-corrected chi connectivity index (χ3v) is 8.47. The van der Waals surface area contributed by atoms with E-state index in [4.69, 9.17) is 13.9 Å². The number of amides is 1. The van der Waals surface area contributed by atoms with Crippen LogP contribution in [0.2, 0.25) is 0 Å². The molecule has 10 nitrogen and oxygen atoms in total. The molecule has 3 aromatic heterocycles. The smallest absolute Gasteiger partial charge is 0.332 e. The average Bonchev–Trinajstić information content (AvgIpc) is 3.59. The summed E-state index contributed by atoms with van der Waals surface area (Å²) in [6, 6.07) is 6.66. The van der Waals surface area contributed by atoms with Crippen molar-refractivity contribution in [3.8, 4) is 16.5 Å². The highest BCUT2D eigenvalue weighted by molar-refractivity contribution is 7.22. The topological polar surface area (TPSA) is 109 Å². The number of piperidine rings is 1. The van der Waals surface area contributed by atoms with Gasteiger partial charge in [0.05, 0.1) is 30.1 Å². The molecule has 5 rings (SSSR count). The number of likely N-dealkylation sites (N-methyl/N-ethyl adjacent to an activating group) is 1. The Morgan fingerprint density at radius 1 is 1.23 bits per heavy atom. The molecule has 4 heterocycles. The fourth-order valence-corrected chi connectivity index (χ4v) is 6.43. The molecule has 0 radical (unpaired) electrons. The van der Waals surface area contributed by atoms with E-state index in [2.05, 4.69) is 4.98 Å². The molecule has 0 aliphatic carbocycles. The fourth-order valence-electron chi connectivity index (χ4n) is 5.19. The molecule has 39 heavy (non-hydrogen) atoms. The second-order valence-corrected chi connectivity index (χ2v) is 10.7. The number of fused-ring (bicyclic) bond motifs is 1. The third kappa shape index (κ3) is 4.80. The summed E-state index contributed by atoms with van der Waals surface area (Å²) in [4.78, 5) is 48.3. The Bertz CT molecular complexity index is 1600. The molecule has 0 unspecified atom stereocenters. The van der Waals surface area contributed by atoms with E-state index in [-0.39, 0.29) is 12.5 Å². The van der Waals surface area contributed by atoms with Gasteiger partial charge in [0.25, 0.3) is 5.56 Å². The van der Waals surface area contributed by atoms with Gasteiger partial charge in [-0.3, -0.25) is 14.2 Å². The van der Waals surface area contributed by atoms with Crippen LogP contribution in [-0.4, -0.2) is 52.2 Å². The minimum atomic E-state index is -0.870. The van der Waals surface area contributed by atoms with E-state index >= 15 is 0 Å². The number of likely N-dealkylation sites (tertiary alicyclic amines) is 1. The van der Waals surface area contributed by atoms with Crippen LogP contribution in [-0.2, 0) is 16.1 Å². The predicted octanol–water partition coefficient (Wildman–Crippen LogP) is 4.16. The van der Waals surface area contributed by atoms with Crippen LogP contribution in [0.4, 0.5) is 0 Å². The minimum absolute atomic E-state index is 0.123. The van der Waals surface area contributed by atoms with Gasteiger partial charge < -0.3 is 18.8 Å². The lowest BCUT2D eigenvalue weighted by molar-refractivity contribution is -0.136. The average molecular weight is 553 g/mol. The van der Waals surface area contributed by atoms with Crippen molar-refractivity contribution in [3.05, 3.63) is 68.7 Å². The summed E-state index contributed by atoms with van der Waals surface area (Å²) in [6.07, 6.45) is 4.37. The molecular formula is C28H32N4O6S. The van der Waals surface area contributed by atoms with Crippen molar-refractivity contribution in [1.29, 1.82) is 0 Å². The summed E-state index contributed by atoms with van der Waals surface area (Å²) < 4.78 is 20.1. The Morgan fingerprint density at radius 2 is 2.03 bits per heavy atom. The van der Waals surface area contributed by atoms with Crippen LogP contribution in [0.15, 0.2) is 50.7 Å². The highest BCUT2D eigenvalue weighted by Crippen LogP contribution is 2.37. The molecule has 1 saturated heterocycles. The zero-order valence-electron chi connectivity index (χ0n) is 22.5. The predicted molar refractivity (Wildman–Crippen MR) is 148 cm³/mol. The van der Waals surface area contributed by atoms with E-state index in [9.17, 15) is 14.4 Å². The molecule has 1 fully saturated rings. The maximum Gasteiger partial charge on any atom is 0.332 e. The Labute approximate surface area is 229 Å². The Hall–Kier alpha value is -3.70. The van der Waals surface area contributed by atoms with Crippen LogP contribution in [0, 0.1) is 6.92 Å². The summed E-state index contributed by atoms with van der Waals surface area (Å²) in [5.74, 6) is 0.773. The van der Waals surface area contributed by atoms with Crippen LogP contribution >= 0.6 is 11.3 Å². The monoisotopic (exact) mass is 552 g/mol. The van der Waals surface area contributed by atoms with Gasteiger partial charge in [-0.05, 0) is 37.8 Å². The number of hydrogen-bond acceptors (Lipinski definition) is 8. The largest absolute Gasteiger partial charge is 0.496 e. The van der Waals surface area contributed by atoms with Gasteiger partial charge in [-0.1, -0.05) is 25.1 Å². The lowest BCUT2D eigenvalue weighted by Gasteiger charge is -2.30. The maximum atomic E-state index is 14.2. The van der Waals surface area contributed by atoms with Gasteiger partial charge >= 0.3 is 5.69 Å². The summed E-state index contributed by atoms with van der Waals surface area (Å²) in [5.41, 5.74) is 0.432. The van der Waals surface area contributed by atoms with Crippen LogP contribution < -0.4 is 16.0 Å². The number of rotatable bonds is 9.